The van der Waals surface area contributed by atoms with Gasteiger partial charge in [0, 0.05) is 17.1 Å². The van der Waals surface area contributed by atoms with Crippen LogP contribution in [0.1, 0.15) is 16.1 Å². The number of halogens is 2. The number of nitrogens with zero attached hydrogens (tertiary/aromatic N) is 2. The molecule has 2 heterocycles. The minimum atomic E-state index is -0.202. The highest BCUT2D eigenvalue weighted by molar-refractivity contribution is 9.10. The minimum Gasteiger partial charge on any atom is -0.444 e. The third-order valence-corrected chi connectivity index (χ3v) is 3.61. The number of aliphatic imine (C=N–C) groups is 1. The van der Waals surface area contributed by atoms with E-state index in [0.29, 0.717) is 28.6 Å². The summed E-state index contributed by atoms with van der Waals surface area (Å²) in [6, 6.07) is 10.6. The first-order chi connectivity index (χ1) is 9.65. The summed E-state index contributed by atoms with van der Waals surface area (Å²) >= 11 is 9.18. The Labute approximate surface area is 129 Å². The molecule has 0 aliphatic carbocycles. The van der Waals surface area contributed by atoms with Crippen LogP contribution < -0.4 is 0 Å². The number of benzene rings is 1. The van der Waals surface area contributed by atoms with Crippen molar-refractivity contribution in [2.24, 2.45) is 4.99 Å². The lowest BCUT2D eigenvalue weighted by atomic mass is 10.2. The Hall–Kier alpha value is -1.59. The van der Waals surface area contributed by atoms with Gasteiger partial charge < -0.3 is 4.42 Å². The second kappa shape index (κ2) is 5.42. The van der Waals surface area contributed by atoms with E-state index in [0.717, 1.165) is 5.56 Å². The summed E-state index contributed by atoms with van der Waals surface area (Å²) in [6.07, 6.45) is 0. The number of amides is 1. The third kappa shape index (κ3) is 2.51. The molecule has 20 heavy (non-hydrogen) atoms. The number of hydrogen-bond acceptors (Lipinski definition) is 3. The number of carbonyl (C=O) groups is 1. The van der Waals surface area contributed by atoms with Crippen molar-refractivity contribution in [3.05, 3.63) is 57.4 Å². The highest BCUT2D eigenvalue weighted by Gasteiger charge is 2.27. The van der Waals surface area contributed by atoms with E-state index in [1.807, 2.05) is 12.1 Å². The summed E-state index contributed by atoms with van der Waals surface area (Å²) in [5, 5.41) is 0.616. The summed E-state index contributed by atoms with van der Waals surface area (Å²) in [5.41, 5.74) is 0.828. The normalized spacial score (nSPS) is 14.5. The van der Waals surface area contributed by atoms with Crippen molar-refractivity contribution in [1.29, 1.82) is 0 Å². The lowest BCUT2D eigenvalue weighted by Crippen LogP contribution is -2.34. The largest absolute Gasteiger partial charge is 0.444 e. The van der Waals surface area contributed by atoms with E-state index in [1.165, 1.54) is 0 Å². The van der Waals surface area contributed by atoms with Crippen molar-refractivity contribution in [1.82, 2.24) is 4.90 Å². The Morgan fingerprint density at radius 1 is 1.35 bits per heavy atom. The Morgan fingerprint density at radius 2 is 2.20 bits per heavy atom. The van der Waals surface area contributed by atoms with E-state index in [2.05, 4.69) is 20.9 Å². The summed E-state index contributed by atoms with van der Waals surface area (Å²) in [7, 11) is 0. The molecule has 1 amide bonds. The molecule has 6 heteroatoms. The quantitative estimate of drug-likeness (QED) is 0.828. The topological polar surface area (TPSA) is 45.8 Å². The smallest absolute Gasteiger partial charge is 0.295 e. The number of furan rings is 1. The van der Waals surface area contributed by atoms with Crippen LogP contribution in [0.5, 0.6) is 0 Å². The molecule has 0 fully saturated rings. The van der Waals surface area contributed by atoms with E-state index in [-0.39, 0.29) is 11.7 Å². The van der Waals surface area contributed by atoms with E-state index >= 15 is 0 Å². The summed E-state index contributed by atoms with van der Waals surface area (Å²) in [5.74, 6) is 0.713. The second-order valence-electron chi connectivity index (χ2n) is 4.28. The first kappa shape index (κ1) is 13.4. The predicted molar refractivity (Wildman–Crippen MR) is 80.3 cm³/mol. The van der Waals surface area contributed by atoms with Crippen LogP contribution in [0.4, 0.5) is 0 Å². The van der Waals surface area contributed by atoms with Gasteiger partial charge in [0.1, 0.15) is 5.84 Å². The van der Waals surface area contributed by atoms with Crippen molar-refractivity contribution in [3.8, 4) is 0 Å². The highest BCUT2D eigenvalue weighted by Crippen LogP contribution is 2.20. The van der Waals surface area contributed by atoms with Gasteiger partial charge in [-0.25, -0.2) is 0 Å². The van der Waals surface area contributed by atoms with Crippen molar-refractivity contribution in [2.75, 3.05) is 13.1 Å². The first-order valence-corrected chi connectivity index (χ1v) is 7.20. The maximum atomic E-state index is 12.4. The molecule has 0 atom stereocenters. The van der Waals surface area contributed by atoms with Gasteiger partial charge in [-0.1, -0.05) is 23.7 Å². The van der Waals surface area contributed by atoms with Gasteiger partial charge in [0.05, 0.1) is 6.54 Å². The fourth-order valence-corrected chi connectivity index (χ4v) is 2.58. The lowest BCUT2D eigenvalue weighted by Gasteiger charge is -2.17. The van der Waals surface area contributed by atoms with Crippen molar-refractivity contribution >= 4 is 39.3 Å². The molecule has 2 aromatic rings. The van der Waals surface area contributed by atoms with Crippen LogP contribution in [0.25, 0.3) is 0 Å². The molecule has 0 bridgehead atoms. The first-order valence-electron chi connectivity index (χ1n) is 6.03. The number of amidine groups is 1. The molecule has 1 aromatic heterocycles. The van der Waals surface area contributed by atoms with Gasteiger partial charge in [-0.15, -0.1) is 0 Å². The van der Waals surface area contributed by atoms with Gasteiger partial charge >= 0.3 is 0 Å². The monoisotopic (exact) mass is 352 g/mol. The standard InChI is InChI=1S/C14H10BrClN2O2/c15-12-5-4-11(20-12)14(19)18-7-6-17-13(18)9-2-1-3-10(16)8-9/h1-5,8H,6-7H2. The van der Waals surface area contributed by atoms with E-state index in [4.69, 9.17) is 16.0 Å². The molecule has 3 rings (SSSR count). The van der Waals surface area contributed by atoms with Crippen LogP contribution in [0.3, 0.4) is 0 Å². The maximum Gasteiger partial charge on any atom is 0.295 e. The van der Waals surface area contributed by atoms with Crippen LogP contribution in [-0.4, -0.2) is 29.7 Å². The molecule has 1 aromatic carbocycles. The molecule has 0 saturated heterocycles. The molecular formula is C14H10BrClN2O2. The predicted octanol–water partition coefficient (Wildman–Crippen LogP) is 3.60. The Kier molecular flexibility index (Phi) is 3.63. The van der Waals surface area contributed by atoms with Gasteiger partial charge in [-0.05, 0) is 40.2 Å². The summed E-state index contributed by atoms with van der Waals surface area (Å²) in [6.45, 7) is 1.12. The van der Waals surface area contributed by atoms with Crippen LogP contribution >= 0.6 is 27.5 Å². The van der Waals surface area contributed by atoms with Gasteiger partial charge in [0.2, 0.25) is 0 Å². The minimum absolute atomic E-state index is 0.202. The van der Waals surface area contributed by atoms with E-state index in [9.17, 15) is 4.79 Å². The molecule has 102 valence electrons. The SMILES string of the molecule is O=C(c1ccc(Br)o1)N1CCN=C1c1cccc(Cl)c1. The average molecular weight is 354 g/mol. The molecule has 4 nitrogen and oxygen atoms in total. The van der Waals surface area contributed by atoms with Crippen molar-refractivity contribution in [3.63, 3.8) is 0 Å². The Morgan fingerprint density at radius 3 is 2.90 bits per heavy atom. The zero-order valence-electron chi connectivity index (χ0n) is 10.3. The van der Waals surface area contributed by atoms with Gasteiger partial charge in [-0.3, -0.25) is 14.7 Å². The summed E-state index contributed by atoms with van der Waals surface area (Å²) in [4.78, 5) is 18.4. The van der Waals surface area contributed by atoms with Crippen LogP contribution in [-0.2, 0) is 0 Å². The third-order valence-electron chi connectivity index (χ3n) is 2.95. The second-order valence-corrected chi connectivity index (χ2v) is 5.49. The maximum absolute atomic E-state index is 12.4. The molecule has 0 N–H and O–H groups in total. The molecule has 1 aliphatic heterocycles. The van der Waals surface area contributed by atoms with Gasteiger partial charge in [0.15, 0.2) is 10.4 Å². The summed E-state index contributed by atoms with van der Waals surface area (Å²) < 4.78 is 5.84. The average Bonchev–Trinajstić information content (AvgIpc) is 3.06. The van der Waals surface area contributed by atoms with Crippen LogP contribution in [0.15, 0.2) is 50.5 Å². The molecule has 0 saturated carbocycles. The Bertz CT molecular complexity index is 696. The van der Waals surface area contributed by atoms with Gasteiger partial charge in [-0.2, -0.15) is 0 Å². The lowest BCUT2D eigenvalue weighted by molar-refractivity contribution is 0.0826. The van der Waals surface area contributed by atoms with E-state index in [1.54, 1.807) is 29.2 Å². The molecular weight excluding hydrogens is 344 g/mol. The highest BCUT2D eigenvalue weighted by atomic mass is 79.9. The van der Waals surface area contributed by atoms with E-state index < -0.39 is 0 Å². The van der Waals surface area contributed by atoms with Gasteiger partial charge in [0.25, 0.3) is 5.91 Å². The van der Waals surface area contributed by atoms with Crippen LogP contribution in [0, 0.1) is 0 Å². The number of rotatable bonds is 2. The fraction of sp³-hybridized carbons (Fsp3) is 0.143. The molecule has 0 spiro atoms. The molecule has 0 radical (unpaired) electrons. The van der Waals surface area contributed by atoms with Crippen molar-refractivity contribution in [2.45, 2.75) is 0 Å². The number of carbonyl (C=O) groups excluding carboxylic acids is 1. The number of hydrogen-bond donors (Lipinski definition) is 0. The van der Waals surface area contributed by atoms with Crippen LogP contribution in [0.2, 0.25) is 5.02 Å². The fourth-order valence-electron chi connectivity index (χ4n) is 2.08. The molecule has 0 unspecified atom stereocenters. The molecule has 1 aliphatic rings. The van der Waals surface area contributed by atoms with Crippen molar-refractivity contribution < 1.29 is 9.21 Å². The zero-order chi connectivity index (χ0) is 14.1. The Balaban J connectivity index is 1.91. The zero-order valence-corrected chi connectivity index (χ0v) is 12.7.